The van der Waals surface area contributed by atoms with Crippen molar-refractivity contribution in [2.75, 3.05) is 6.61 Å². The van der Waals surface area contributed by atoms with E-state index in [0.717, 1.165) is 30.5 Å². The van der Waals surface area contributed by atoms with E-state index in [-0.39, 0.29) is 5.97 Å². The Morgan fingerprint density at radius 1 is 1.15 bits per heavy atom. The lowest BCUT2D eigenvalue weighted by molar-refractivity contribution is -0.144. The number of benzene rings is 1. The van der Waals surface area contributed by atoms with Gasteiger partial charge in [-0.05, 0) is 49.3 Å². The summed E-state index contributed by atoms with van der Waals surface area (Å²) in [6.45, 7) is 2.81. The third-order valence-electron chi connectivity index (χ3n) is 4.56. The van der Waals surface area contributed by atoms with Gasteiger partial charge in [0.1, 0.15) is 6.61 Å². The molecular weight excluding hydrogens is 326 g/mol. The second-order valence-electron chi connectivity index (χ2n) is 6.51. The van der Waals surface area contributed by atoms with Crippen molar-refractivity contribution in [1.82, 2.24) is 4.98 Å². The quantitative estimate of drug-likeness (QED) is 0.673. The molecule has 1 heterocycles. The van der Waals surface area contributed by atoms with Crippen LogP contribution in [0, 0.1) is 5.92 Å². The normalized spacial score (nSPS) is 16.7. The van der Waals surface area contributed by atoms with Crippen LogP contribution in [0.4, 0.5) is 0 Å². The topological polar surface area (TPSA) is 48.4 Å². The molecule has 2 aromatic rings. The van der Waals surface area contributed by atoms with Crippen molar-refractivity contribution in [2.45, 2.75) is 39.2 Å². The first-order valence-corrected chi connectivity index (χ1v) is 9.23. The van der Waals surface area contributed by atoms with Crippen LogP contribution in [-0.4, -0.2) is 17.6 Å². The molecule has 0 spiro atoms. The van der Waals surface area contributed by atoms with Gasteiger partial charge in [0.05, 0.1) is 12.3 Å². The minimum absolute atomic E-state index is 0.0937. The van der Waals surface area contributed by atoms with Gasteiger partial charge in [-0.1, -0.05) is 42.5 Å². The third kappa shape index (κ3) is 5.19. The van der Waals surface area contributed by atoms with Crippen molar-refractivity contribution < 1.29 is 14.3 Å². The Bertz CT molecular complexity index is 755. The van der Waals surface area contributed by atoms with Gasteiger partial charge in [0.25, 0.3) is 0 Å². The zero-order chi connectivity index (χ0) is 18.2. The molecule has 4 nitrogen and oxygen atoms in total. The van der Waals surface area contributed by atoms with E-state index in [2.05, 4.69) is 11.1 Å². The Morgan fingerprint density at radius 3 is 2.73 bits per heavy atom. The van der Waals surface area contributed by atoms with Crippen LogP contribution in [0.5, 0.6) is 5.88 Å². The molecule has 1 atom stereocenters. The Balaban J connectivity index is 1.58. The number of carbonyl (C=O) groups excluding carboxylic acids is 1. The van der Waals surface area contributed by atoms with Crippen molar-refractivity contribution >= 4 is 11.5 Å². The summed E-state index contributed by atoms with van der Waals surface area (Å²) in [6.07, 6.45) is 5.52. The molecule has 1 aliphatic carbocycles. The van der Waals surface area contributed by atoms with Gasteiger partial charge >= 0.3 is 5.97 Å². The van der Waals surface area contributed by atoms with E-state index in [1.165, 1.54) is 5.57 Å². The average molecular weight is 351 g/mol. The van der Waals surface area contributed by atoms with Gasteiger partial charge in [0.2, 0.25) is 5.88 Å². The Hall–Kier alpha value is -2.62. The number of hydrogen-bond donors (Lipinski definition) is 0. The van der Waals surface area contributed by atoms with Crippen LogP contribution in [0.1, 0.15) is 43.9 Å². The summed E-state index contributed by atoms with van der Waals surface area (Å²) in [4.78, 5) is 16.3. The van der Waals surface area contributed by atoms with E-state index < -0.39 is 0 Å². The molecule has 0 N–H and O–H groups in total. The maximum Gasteiger partial charge on any atom is 0.306 e. The van der Waals surface area contributed by atoms with Gasteiger partial charge < -0.3 is 9.47 Å². The van der Waals surface area contributed by atoms with E-state index in [9.17, 15) is 4.79 Å². The summed E-state index contributed by atoms with van der Waals surface area (Å²) in [7, 11) is 0. The standard InChI is InChI=1S/C22H25NO3/c1-2-25-22(24)15-17-11-13-19(14-12-17)20-9-6-10-21(23-20)26-16-18-7-4-3-5-8-18/h3-10,13,17H,2,11-12,14-16H2,1H3. The molecule has 1 aliphatic rings. The predicted octanol–water partition coefficient (Wildman–Crippen LogP) is 4.80. The van der Waals surface area contributed by atoms with Crippen LogP contribution in [0.3, 0.4) is 0 Å². The summed E-state index contributed by atoms with van der Waals surface area (Å²) in [5, 5.41) is 0. The first-order chi connectivity index (χ1) is 12.7. The van der Waals surface area contributed by atoms with Gasteiger partial charge in [-0.2, -0.15) is 0 Å². The number of allylic oxidation sites excluding steroid dienone is 2. The third-order valence-corrected chi connectivity index (χ3v) is 4.56. The number of nitrogens with zero attached hydrogens (tertiary/aromatic N) is 1. The largest absolute Gasteiger partial charge is 0.473 e. The summed E-state index contributed by atoms with van der Waals surface area (Å²) >= 11 is 0. The second-order valence-corrected chi connectivity index (χ2v) is 6.51. The van der Waals surface area contributed by atoms with Crippen LogP contribution in [0.2, 0.25) is 0 Å². The van der Waals surface area contributed by atoms with Crippen LogP contribution in [0.15, 0.2) is 54.6 Å². The highest BCUT2D eigenvalue weighted by Gasteiger charge is 2.19. The minimum atomic E-state index is -0.0937. The summed E-state index contributed by atoms with van der Waals surface area (Å²) in [5.74, 6) is 0.917. The zero-order valence-electron chi connectivity index (χ0n) is 15.2. The van der Waals surface area contributed by atoms with Gasteiger partial charge in [0, 0.05) is 12.5 Å². The highest BCUT2D eigenvalue weighted by atomic mass is 16.5. The zero-order valence-corrected chi connectivity index (χ0v) is 15.2. The first kappa shape index (κ1) is 18.2. The summed E-state index contributed by atoms with van der Waals surface area (Å²) in [5.41, 5.74) is 3.32. The number of pyridine rings is 1. The predicted molar refractivity (Wildman–Crippen MR) is 102 cm³/mol. The Morgan fingerprint density at radius 2 is 2.00 bits per heavy atom. The maximum atomic E-state index is 11.6. The monoisotopic (exact) mass is 351 g/mol. The fourth-order valence-electron chi connectivity index (χ4n) is 3.17. The lowest BCUT2D eigenvalue weighted by Gasteiger charge is -2.21. The maximum absolute atomic E-state index is 11.6. The van der Waals surface area contributed by atoms with Crippen molar-refractivity contribution in [3.05, 3.63) is 65.9 Å². The number of hydrogen-bond acceptors (Lipinski definition) is 4. The molecule has 0 aliphatic heterocycles. The van der Waals surface area contributed by atoms with Crippen LogP contribution >= 0.6 is 0 Å². The highest BCUT2D eigenvalue weighted by molar-refractivity contribution is 5.70. The fourth-order valence-corrected chi connectivity index (χ4v) is 3.17. The van der Waals surface area contributed by atoms with E-state index >= 15 is 0 Å². The molecule has 0 saturated carbocycles. The van der Waals surface area contributed by atoms with Gasteiger partial charge in [-0.3, -0.25) is 4.79 Å². The molecular formula is C22H25NO3. The van der Waals surface area contributed by atoms with Crippen molar-refractivity contribution in [3.63, 3.8) is 0 Å². The lowest BCUT2D eigenvalue weighted by Crippen LogP contribution is -2.14. The number of aromatic nitrogens is 1. The van der Waals surface area contributed by atoms with Gasteiger partial charge in [-0.25, -0.2) is 4.98 Å². The van der Waals surface area contributed by atoms with Gasteiger partial charge in [0.15, 0.2) is 0 Å². The summed E-state index contributed by atoms with van der Waals surface area (Å²) < 4.78 is 10.9. The molecule has 4 heteroatoms. The van der Waals surface area contributed by atoms with Crippen LogP contribution in [-0.2, 0) is 16.1 Å². The molecule has 0 fully saturated rings. The van der Waals surface area contributed by atoms with Crippen LogP contribution in [0.25, 0.3) is 5.57 Å². The second kappa shape index (κ2) is 9.18. The molecule has 0 radical (unpaired) electrons. The minimum Gasteiger partial charge on any atom is -0.473 e. The SMILES string of the molecule is CCOC(=O)CC1CC=C(c2cccc(OCc3ccccc3)n2)CC1. The molecule has 1 aromatic heterocycles. The molecule has 26 heavy (non-hydrogen) atoms. The Labute approximate surface area is 154 Å². The van der Waals surface area contributed by atoms with E-state index in [1.807, 2.05) is 55.5 Å². The molecule has 0 amide bonds. The average Bonchev–Trinajstić information content (AvgIpc) is 2.68. The van der Waals surface area contributed by atoms with Crippen LogP contribution < -0.4 is 4.74 Å². The van der Waals surface area contributed by atoms with Crippen molar-refractivity contribution in [1.29, 1.82) is 0 Å². The molecule has 1 unspecified atom stereocenters. The molecule has 0 bridgehead atoms. The molecule has 3 rings (SSSR count). The smallest absolute Gasteiger partial charge is 0.306 e. The lowest BCUT2D eigenvalue weighted by atomic mass is 9.86. The number of esters is 1. The molecule has 136 valence electrons. The highest BCUT2D eigenvalue weighted by Crippen LogP contribution is 2.31. The van der Waals surface area contributed by atoms with Crippen molar-refractivity contribution in [2.24, 2.45) is 5.92 Å². The van der Waals surface area contributed by atoms with Crippen molar-refractivity contribution in [3.8, 4) is 5.88 Å². The van der Waals surface area contributed by atoms with E-state index in [4.69, 9.17) is 9.47 Å². The van der Waals surface area contributed by atoms with Gasteiger partial charge in [-0.15, -0.1) is 0 Å². The number of rotatable bonds is 7. The van der Waals surface area contributed by atoms with E-state index in [1.54, 1.807) is 0 Å². The molecule has 1 aromatic carbocycles. The fraction of sp³-hybridized carbons (Fsp3) is 0.364. The number of ether oxygens (including phenoxy) is 2. The first-order valence-electron chi connectivity index (χ1n) is 9.23. The van der Waals surface area contributed by atoms with E-state index in [0.29, 0.717) is 31.4 Å². The number of carbonyl (C=O) groups is 1. The Kier molecular flexibility index (Phi) is 6.42. The summed E-state index contributed by atoms with van der Waals surface area (Å²) in [6, 6.07) is 16.0. The molecule has 0 saturated heterocycles.